The van der Waals surface area contributed by atoms with Crippen LogP contribution in [0.3, 0.4) is 0 Å². The molecule has 0 bridgehead atoms. The molecular formula is C15H13N. The fourth-order valence-corrected chi connectivity index (χ4v) is 2.43. The first-order valence-corrected chi connectivity index (χ1v) is 5.44. The van der Waals surface area contributed by atoms with Crippen LogP contribution in [0.15, 0.2) is 49.0 Å². The van der Waals surface area contributed by atoms with Gasteiger partial charge in [-0.05, 0) is 24.6 Å². The van der Waals surface area contributed by atoms with E-state index in [1.807, 2.05) is 6.20 Å². The maximum absolute atomic E-state index is 3.90. The molecule has 16 heavy (non-hydrogen) atoms. The lowest BCUT2D eigenvalue weighted by atomic mass is 10.1. The fraction of sp³-hybridized carbons (Fsp3) is 0.0667. The van der Waals surface area contributed by atoms with Crippen molar-refractivity contribution in [2.45, 2.75) is 6.92 Å². The predicted molar refractivity (Wildman–Crippen MR) is 70.6 cm³/mol. The largest absolute Gasteiger partial charge is 0.317 e. The van der Waals surface area contributed by atoms with E-state index in [1.165, 1.54) is 27.4 Å². The molecule has 0 N–H and O–H groups in total. The zero-order valence-corrected chi connectivity index (χ0v) is 9.27. The van der Waals surface area contributed by atoms with Crippen LogP contribution >= 0.6 is 0 Å². The minimum Gasteiger partial charge on any atom is -0.317 e. The van der Waals surface area contributed by atoms with Gasteiger partial charge in [-0.25, -0.2) is 0 Å². The van der Waals surface area contributed by atoms with Crippen LogP contribution in [0.4, 0.5) is 0 Å². The van der Waals surface area contributed by atoms with Crippen LogP contribution in [-0.2, 0) is 0 Å². The molecule has 3 aromatic rings. The molecule has 0 radical (unpaired) electrons. The quantitative estimate of drug-likeness (QED) is 0.563. The highest BCUT2D eigenvalue weighted by atomic mass is 14.9. The Balaban J connectivity index is 2.70. The fourth-order valence-electron chi connectivity index (χ4n) is 2.43. The lowest BCUT2D eigenvalue weighted by Gasteiger charge is -1.99. The van der Waals surface area contributed by atoms with Gasteiger partial charge in [-0.1, -0.05) is 36.9 Å². The Morgan fingerprint density at radius 3 is 2.56 bits per heavy atom. The van der Waals surface area contributed by atoms with Crippen LogP contribution < -0.4 is 0 Å². The minimum absolute atomic E-state index is 1.22. The number of fused-ring (bicyclic) bond motifs is 3. The summed E-state index contributed by atoms with van der Waals surface area (Å²) in [5.74, 6) is 0. The zero-order valence-electron chi connectivity index (χ0n) is 9.27. The summed E-state index contributed by atoms with van der Waals surface area (Å²) in [6.45, 7) is 6.05. The molecule has 0 spiro atoms. The number of para-hydroxylation sites is 1. The number of rotatable bonds is 1. The van der Waals surface area contributed by atoms with Gasteiger partial charge in [0, 0.05) is 17.0 Å². The van der Waals surface area contributed by atoms with Crippen LogP contribution in [0.5, 0.6) is 0 Å². The van der Waals surface area contributed by atoms with Crippen LogP contribution in [-0.4, -0.2) is 4.57 Å². The van der Waals surface area contributed by atoms with Crippen molar-refractivity contribution < 1.29 is 0 Å². The van der Waals surface area contributed by atoms with Gasteiger partial charge < -0.3 is 4.57 Å². The minimum atomic E-state index is 1.22. The summed E-state index contributed by atoms with van der Waals surface area (Å²) in [4.78, 5) is 0. The Bertz CT molecular complexity index is 689. The molecule has 78 valence electrons. The van der Waals surface area contributed by atoms with Gasteiger partial charge in [0.05, 0.1) is 11.0 Å². The standard InChI is InChI=1S/C15H13N/c1-3-16-13-9-5-4-8-12(13)15-11(2)7-6-10-14(15)16/h3-10H,1H2,2H3. The number of aromatic nitrogens is 1. The second-order valence-corrected chi connectivity index (χ2v) is 4.04. The number of hydrogen-bond acceptors (Lipinski definition) is 0. The van der Waals surface area contributed by atoms with Gasteiger partial charge in [0.15, 0.2) is 0 Å². The maximum Gasteiger partial charge on any atom is 0.0537 e. The first kappa shape index (κ1) is 9.22. The summed E-state index contributed by atoms with van der Waals surface area (Å²) in [7, 11) is 0. The van der Waals surface area contributed by atoms with Crippen LogP contribution in [0.25, 0.3) is 28.0 Å². The third-order valence-electron chi connectivity index (χ3n) is 3.13. The van der Waals surface area contributed by atoms with Crippen molar-refractivity contribution in [1.82, 2.24) is 4.57 Å². The van der Waals surface area contributed by atoms with E-state index >= 15 is 0 Å². The molecule has 0 amide bonds. The zero-order chi connectivity index (χ0) is 11.1. The van der Waals surface area contributed by atoms with Crippen molar-refractivity contribution in [1.29, 1.82) is 0 Å². The van der Waals surface area contributed by atoms with Gasteiger partial charge in [0.25, 0.3) is 0 Å². The van der Waals surface area contributed by atoms with Crippen molar-refractivity contribution in [3.05, 3.63) is 54.6 Å². The summed E-state index contributed by atoms with van der Waals surface area (Å²) in [5.41, 5.74) is 3.77. The molecular weight excluding hydrogens is 194 g/mol. The Morgan fingerprint density at radius 1 is 1.00 bits per heavy atom. The topological polar surface area (TPSA) is 4.93 Å². The third kappa shape index (κ3) is 1.06. The first-order valence-electron chi connectivity index (χ1n) is 5.44. The molecule has 0 fully saturated rings. The van der Waals surface area contributed by atoms with E-state index in [0.29, 0.717) is 0 Å². The molecule has 0 atom stereocenters. The lowest BCUT2D eigenvalue weighted by molar-refractivity contribution is 1.29. The highest BCUT2D eigenvalue weighted by Gasteiger charge is 2.09. The number of aryl methyl sites for hydroxylation is 1. The van der Waals surface area contributed by atoms with Crippen molar-refractivity contribution in [3.63, 3.8) is 0 Å². The van der Waals surface area contributed by atoms with Gasteiger partial charge in [0.2, 0.25) is 0 Å². The average Bonchev–Trinajstić information content (AvgIpc) is 2.64. The smallest absolute Gasteiger partial charge is 0.0537 e. The Morgan fingerprint density at radius 2 is 1.75 bits per heavy atom. The third-order valence-corrected chi connectivity index (χ3v) is 3.13. The van der Waals surface area contributed by atoms with Crippen LogP contribution in [0.1, 0.15) is 5.56 Å². The van der Waals surface area contributed by atoms with Gasteiger partial charge in [0.1, 0.15) is 0 Å². The second kappa shape index (κ2) is 3.24. The molecule has 3 rings (SSSR count). The van der Waals surface area contributed by atoms with E-state index < -0.39 is 0 Å². The molecule has 0 saturated heterocycles. The van der Waals surface area contributed by atoms with Crippen LogP contribution in [0, 0.1) is 6.92 Å². The summed E-state index contributed by atoms with van der Waals surface area (Å²) in [5, 5.41) is 2.63. The van der Waals surface area contributed by atoms with Gasteiger partial charge >= 0.3 is 0 Å². The van der Waals surface area contributed by atoms with Crippen LogP contribution in [0.2, 0.25) is 0 Å². The lowest BCUT2D eigenvalue weighted by Crippen LogP contribution is -1.83. The van der Waals surface area contributed by atoms with E-state index in [-0.39, 0.29) is 0 Å². The van der Waals surface area contributed by atoms with Crippen molar-refractivity contribution in [2.24, 2.45) is 0 Å². The maximum atomic E-state index is 3.90. The molecule has 1 nitrogen and oxygen atoms in total. The van der Waals surface area contributed by atoms with Gasteiger partial charge in [-0.2, -0.15) is 0 Å². The van der Waals surface area contributed by atoms with E-state index in [4.69, 9.17) is 0 Å². The second-order valence-electron chi connectivity index (χ2n) is 4.04. The normalized spacial score (nSPS) is 11.1. The Labute approximate surface area is 94.6 Å². The summed E-state index contributed by atoms with van der Waals surface area (Å²) in [6.07, 6.45) is 1.88. The molecule has 0 aliphatic heterocycles. The van der Waals surface area contributed by atoms with E-state index in [9.17, 15) is 0 Å². The summed E-state index contributed by atoms with van der Waals surface area (Å²) >= 11 is 0. The Hall–Kier alpha value is -2.02. The van der Waals surface area contributed by atoms with E-state index in [1.54, 1.807) is 0 Å². The molecule has 0 aliphatic carbocycles. The van der Waals surface area contributed by atoms with Crippen molar-refractivity contribution in [2.75, 3.05) is 0 Å². The average molecular weight is 207 g/mol. The number of hydrogen-bond donors (Lipinski definition) is 0. The first-order chi connectivity index (χ1) is 7.83. The van der Waals surface area contributed by atoms with Crippen molar-refractivity contribution >= 4 is 28.0 Å². The highest BCUT2D eigenvalue weighted by molar-refractivity contribution is 6.10. The summed E-state index contributed by atoms with van der Waals surface area (Å²) in [6, 6.07) is 14.8. The molecule has 1 heteroatoms. The number of nitrogens with zero attached hydrogens (tertiary/aromatic N) is 1. The van der Waals surface area contributed by atoms with Gasteiger partial charge in [-0.3, -0.25) is 0 Å². The number of benzene rings is 2. The Kier molecular flexibility index (Phi) is 1.87. The monoisotopic (exact) mass is 207 g/mol. The summed E-state index contributed by atoms with van der Waals surface area (Å²) < 4.78 is 2.15. The molecule has 0 unspecified atom stereocenters. The molecule has 1 aromatic heterocycles. The molecule has 0 aliphatic rings. The SMILES string of the molecule is C=Cn1c2ccccc2c2c(C)cccc21. The van der Waals surface area contributed by atoms with E-state index in [2.05, 4.69) is 60.5 Å². The molecule has 0 saturated carbocycles. The van der Waals surface area contributed by atoms with Crippen molar-refractivity contribution in [3.8, 4) is 0 Å². The predicted octanol–water partition coefficient (Wildman–Crippen LogP) is 4.20. The molecule has 1 heterocycles. The molecule has 2 aromatic carbocycles. The van der Waals surface area contributed by atoms with Gasteiger partial charge in [-0.15, -0.1) is 0 Å². The highest BCUT2D eigenvalue weighted by Crippen LogP contribution is 2.31. The van der Waals surface area contributed by atoms with E-state index in [0.717, 1.165) is 0 Å².